The monoisotopic (exact) mass is 260 g/mol. The van der Waals surface area contributed by atoms with Gasteiger partial charge in [0.25, 0.3) is 0 Å². The fraction of sp³-hybridized carbons (Fsp3) is 0.727. The molecule has 0 fully saturated rings. The smallest absolute Gasteiger partial charge is 0.326 e. The molecule has 4 N–H and O–H groups in total. The first-order valence-electron chi connectivity index (χ1n) is 5.71. The van der Waals surface area contributed by atoms with Gasteiger partial charge in [-0.05, 0) is 26.8 Å². The largest absolute Gasteiger partial charge is 0.481 e. The van der Waals surface area contributed by atoms with Crippen LogP contribution in [0.3, 0.4) is 0 Å². The summed E-state index contributed by atoms with van der Waals surface area (Å²) in [7, 11) is 0. The van der Waals surface area contributed by atoms with E-state index < -0.39 is 29.4 Å². The van der Waals surface area contributed by atoms with Crippen molar-refractivity contribution in [3.8, 4) is 0 Å². The third-order valence-corrected chi connectivity index (χ3v) is 2.44. The highest BCUT2D eigenvalue weighted by molar-refractivity contribution is 5.89. The van der Waals surface area contributed by atoms with E-state index in [1.165, 1.54) is 0 Å². The molecule has 0 aliphatic heterocycles. The van der Waals surface area contributed by atoms with Gasteiger partial charge in [-0.15, -0.1) is 0 Å². The van der Waals surface area contributed by atoms with Crippen LogP contribution in [-0.2, 0) is 14.4 Å². The first-order valence-corrected chi connectivity index (χ1v) is 5.71. The maximum atomic E-state index is 11.8. The summed E-state index contributed by atoms with van der Waals surface area (Å²) in [4.78, 5) is 33.1. The second-order valence-corrected chi connectivity index (χ2v) is 4.45. The third kappa shape index (κ3) is 5.62. The molecule has 0 aromatic rings. The van der Waals surface area contributed by atoms with E-state index in [9.17, 15) is 14.4 Å². The van der Waals surface area contributed by atoms with Gasteiger partial charge < -0.3 is 20.8 Å². The number of carbonyl (C=O) groups excluding carboxylic acids is 1. The van der Waals surface area contributed by atoms with Crippen molar-refractivity contribution in [1.82, 2.24) is 10.6 Å². The zero-order chi connectivity index (χ0) is 14.3. The molecule has 7 nitrogen and oxygen atoms in total. The van der Waals surface area contributed by atoms with Gasteiger partial charge >= 0.3 is 11.9 Å². The first-order chi connectivity index (χ1) is 8.20. The lowest BCUT2D eigenvalue weighted by Crippen LogP contribution is -2.56. The molecule has 0 spiro atoms. The quantitative estimate of drug-likeness (QED) is 0.480. The summed E-state index contributed by atoms with van der Waals surface area (Å²) >= 11 is 0. The van der Waals surface area contributed by atoms with Crippen molar-refractivity contribution in [2.45, 2.75) is 45.2 Å². The third-order valence-electron chi connectivity index (χ3n) is 2.44. The standard InChI is InChI=1S/C11H20N2O5/c1-4-12-11(2,3)10(18)13-7(9(16)17)5-6-8(14)15/h7,12H,4-6H2,1-3H3,(H,13,18)(H,14,15)(H,16,17). The normalized spacial score (nSPS) is 12.8. The molecule has 1 atom stereocenters. The molecule has 1 amide bonds. The van der Waals surface area contributed by atoms with E-state index in [0.717, 1.165) is 0 Å². The summed E-state index contributed by atoms with van der Waals surface area (Å²) < 4.78 is 0. The predicted molar refractivity (Wildman–Crippen MR) is 64.2 cm³/mol. The molecule has 7 heteroatoms. The number of likely N-dealkylation sites (N-methyl/N-ethyl adjacent to an activating group) is 1. The van der Waals surface area contributed by atoms with Gasteiger partial charge in [-0.2, -0.15) is 0 Å². The van der Waals surface area contributed by atoms with Crippen molar-refractivity contribution < 1.29 is 24.6 Å². The van der Waals surface area contributed by atoms with Gasteiger partial charge in [0.15, 0.2) is 0 Å². The minimum Gasteiger partial charge on any atom is -0.481 e. The fourth-order valence-corrected chi connectivity index (χ4v) is 1.39. The Morgan fingerprint density at radius 1 is 1.22 bits per heavy atom. The molecule has 0 heterocycles. The van der Waals surface area contributed by atoms with Crippen molar-refractivity contribution in [2.24, 2.45) is 0 Å². The lowest BCUT2D eigenvalue weighted by molar-refractivity contribution is -0.143. The van der Waals surface area contributed by atoms with Crippen LogP contribution in [0.1, 0.15) is 33.6 Å². The van der Waals surface area contributed by atoms with Crippen molar-refractivity contribution in [1.29, 1.82) is 0 Å². The van der Waals surface area contributed by atoms with Crippen LogP contribution in [0.25, 0.3) is 0 Å². The van der Waals surface area contributed by atoms with Gasteiger partial charge in [0.2, 0.25) is 5.91 Å². The number of carboxylic acids is 2. The molecule has 0 aromatic heterocycles. The molecule has 0 saturated carbocycles. The van der Waals surface area contributed by atoms with Gasteiger partial charge in [-0.3, -0.25) is 9.59 Å². The van der Waals surface area contributed by atoms with Crippen LogP contribution in [0.4, 0.5) is 0 Å². The summed E-state index contributed by atoms with van der Waals surface area (Å²) in [6, 6.07) is -1.19. The number of amides is 1. The molecule has 0 saturated heterocycles. The average Bonchev–Trinajstić information content (AvgIpc) is 2.22. The van der Waals surface area contributed by atoms with Crippen molar-refractivity contribution in [2.75, 3.05) is 6.54 Å². The van der Waals surface area contributed by atoms with E-state index in [4.69, 9.17) is 10.2 Å². The predicted octanol–water partition coefficient (Wildman–Crippen LogP) is -0.191. The van der Waals surface area contributed by atoms with E-state index in [1.807, 2.05) is 6.92 Å². The zero-order valence-electron chi connectivity index (χ0n) is 10.8. The number of hydrogen-bond donors (Lipinski definition) is 4. The molecule has 0 rings (SSSR count). The van der Waals surface area contributed by atoms with Crippen LogP contribution in [-0.4, -0.2) is 46.2 Å². The highest BCUT2D eigenvalue weighted by atomic mass is 16.4. The molecular weight excluding hydrogens is 240 g/mol. The minimum absolute atomic E-state index is 0.140. The molecule has 0 aliphatic carbocycles. The molecule has 0 radical (unpaired) electrons. The number of rotatable bonds is 8. The molecular formula is C11H20N2O5. The number of aliphatic carboxylic acids is 2. The highest BCUT2D eigenvalue weighted by Crippen LogP contribution is 2.05. The number of carboxylic acid groups (broad SMARTS) is 2. The SMILES string of the molecule is CCNC(C)(C)C(=O)NC(CCC(=O)O)C(=O)O. The van der Waals surface area contributed by atoms with Gasteiger partial charge in [0, 0.05) is 6.42 Å². The van der Waals surface area contributed by atoms with Gasteiger partial charge in [-0.25, -0.2) is 4.79 Å². The van der Waals surface area contributed by atoms with E-state index >= 15 is 0 Å². The maximum absolute atomic E-state index is 11.8. The van der Waals surface area contributed by atoms with E-state index in [2.05, 4.69) is 10.6 Å². The van der Waals surface area contributed by atoms with Crippen LogP contribution < -0.4 is 10.6 Å². The second kappa shape index (κ2) is 6.95. The Kier molecular flexibility index (Phi) is 6.32. The van der Waals surface area contributed by atoms with Crippen LogP contribution in [0.5, 0.6) is 0 Å². The Morgan fingerprint density at radius 3 is 2.17 bits per heavy atom. The Hall–Kier alpha value is -1.63. The summed E-state index contributed by atoms with van der Waals surface area (Å²) in [5.74, 6) is -2.81. The van der Waals surface area contributed by atoms with Gasteiger partial charge in [0.05, 0.1) is 5.54 Å². The summed E-state index contributed by atoms with van der Waals surface area (Å²) in [6.07, 6.45) is -0.447. The summed E-state index contributed by atoms with van der Waals surface area (Å²) in [5, 5.41) is 22.6. The number of hydrogen-bond acceptors (Lipinski definition) is 4. The molecule has 0 aliphatic rings. The summed E-state index contributed by atoms with van der Waals surface area (Å²) in [6.45, 7) is 5.64. The van der Waals surface area contributed by atoms with E-state index in [1.54, 1.807) is 13.8 Å². The van der Waals surface area contributed by atoms with Crippen molar-refractivity contribution >= 4 is 17.8 Å². The topological polar surface area (TPSA) is 116 Å². The Bertz CT molecular complexity index is 327. The Balaban J connectivity index is 4.54. The van der Waals surface area contributed by atoms with Crippen LogP contribution in [0.15, 0.2) is 0 Å². The van der Waals surface area contributed by atoms with Gasteiger partial charge in [-0.1, -0.05) is 6.92 Å². The van der Waals surface area contributed by atoms with Crippen LogP contribution >= 0.6 is 0 Å². The van der Waals surface area contributed by atoms with E-state index in [-0.39, 0.29) is 12.8 Å². The fourth-order valence-electron chi connectivity index (χ4n) is 1.39. The van der Waals surface area contributed by atoms with Gasteiger partial charge in [0.1, 0.15) is 6.04 Å². The average molecular weight is 260 g/mol. The first kappa shape index (κ1) is 16.4. The second-order valence-electron chi connectivity index (χ2n) is 4.45. The van der Waals surface area contributed by atoms with E-state index in [0.29, 0.717) is 6.54 Å². The highest BCUT2D eigenvalue weighted by Gasteiger charge is 2.30. The lowest BCUT2D eigenvalue weighted by Gasteiger charge is -2.26. The molecule has 18 heavy (non-hydrogen) atoms. The minimum atomic E-state index is -1.24. The molecule has 104 valence electrons. The Labute approximate surface area is 106 Å². The van der Waals surface area contributed by atoms with Crippen molar-refractivity contribution in [3.05, 3.63) is 0 Å². The molecule has 0 bridgehead atoms. The maximum Gasteiger partial charge on any atom is 0.326 e. The van der Waals surface area contributed by atoms with Crippen molar-refractivity contribution in [3.63, 3.8) is 0 Å². The number of carbonyl (C=O) groups is 3. The Morgan fingerprint density at radius 2 is 1.78 bits per heavy atom. The summed E-state index contributed by atoms with van der Waals surface area (Å²) in [5.41, 5.74) is -0.897. The molecule has 0 aromatic carbocycles. The van der Waals surface area contributed by atoms with Crippen LogP contribution in [0, 0.1) is 0 Å². The van der Waals surface area contributed by atoms with Crippen LogP contribution in [0.2, 0.25) is 0 Å². The lowest BCUT2D eigenvalue weighted by atomic mass is 10.0. The zero-order valence-corrected chi connectivity index (χ0v) is 10.8. The number of nitrogens with one attached hydrogen (secondary N) is 2. The molecule has 1 unspecified atom stereocenters.